The summed E-state index contributed by atoms with van der Waals surface area (Å²) in [5.74, 6) is -1.05. The van der Waals surface area contributed by atoms with Crippen LogP contribution in [0.15, 0.2) is 48.5 Å². The summed E-state index contributed by atoms with van der Waals surface area (Å²) in [5, 5.41) is 13.1. The van der Waals surface area contributed by atoms with Crippen molar-refractivity contribution in [3.05, 3.63) is 64.2 Å². The Balaban J connectivity index is 1.52. The molecule has 35 heavy (non-hydrogen) atoms. The first-order chi connectivity index (χ1) is 16.5. The highest BCUT2D eigenvalue weighted by molar-refractivity contribution is 5.95. The van der Waals surface area contributed by atoms with Crippen molar-refractivity contribution >= 4 is 28.9 Å². The lowest BCUT2D eigenvalue weighted by Gasteiger charge is -2.39. The van der Waals surface area contributed by atoms with Crippen LogP contribution in [-0.4, -0.2) is 72.4 Å². The van der Waals surface area contributed by atoms with Gasteiger partial charge < -0.3 is 15.1 Å². The summed E-state index contributed by atoms with van der Waals surface area (Å²) in [4.78, 5) is 40.8. The number of likely N-dealkylation sites (N-methyl/N-ethyl adjacent to an activating group) is 1. The van der Waals surface area contributed by atoms with Crippen LogP contribution in [-0.2, 0) is 15.8 Å². The van der Waals surface area contributed by atoms with Crippen LogP contribution in [0.2, 0.25) is 0 Å². The van der Waals surface area contributed by atoms with E-state index >= 15 is 0 Å². The van der Waals surface area contributed by atoms with Gasteiger partial charge in [0, 0.05) is 51.0 Å². The summed E-state index contributed by atoms with van der Waals surface area (Å²) >= 11 is 0. The van der Waals surface area contributed by atoms with E-state index in [4.69, 9.17) is 0 Å². The van der Waals surface area contributed by atoms with Crippen LogP contribution in [0.25, 0.3) is 0 Å². The molecule has 9 nitrogen and oxygen atoms in total. The number of hydrogen-bond donors (Lipinski definition) is 1. The highest BCUT2D eigenvalue weighted by Crippen LogP contribution is 2.34. The van der Waals surface area contributed by atoms with Crippen LogP contribution in [0, 0.1) is 10.1 Å². The van der Waals surface area contributed by atoms with Crippen LogP contribution >= 0.6 is 0 Å². The van der Waals surface area contributed by atoms with Crippen molar-refractivity contribution in [2.45, 2.75) is 19.1 Å². The van der Waals surface area contributed by atoms with Gasteiger partial charge in [-0.1, -0.05) is 12.1 Å². The van der Waals surface area contributed by atoms with E-state index in [-0.39, 0.29) is 17.3 Å². The fourth-order valence-electron chi connectivity index (χ4n) is 3.95. The minimum absolute atomic E-state index is 0.0144. The number of hydrogen-bond acceptors (Lipinski definition) is 6. The topological polar surface area (TPSA) is 99.0 Å². The van der Waals surface area contributed by atoms with Crippen molar-refractivity contribution in [2.24, 2.45) is 0 Å². The second-order valence-electron chi connectivity index (χ2n) is 8.26. The zero-order chi connectivity index (χ0) is 25.8. The van der Waals surface area contributed by atoms with Crippen molar-refractivity contribution in [2.75, 3.05) is 50.0 Å². The number of carbonyl (C=O) groups is 2. The van der Waals surface area contributed by atoms with Crippen molar-refractivity contribution in [1.29, 1.82) is 0 Å². The lowest BCUT2D eigenvalue weighted by atomic mass is 10.1. The van der Waals surface area contributed by atoms with E-state index in [9.17, 15) is 32.9 Å². The van der Waals surface area contributed by atoms with E-state index in [1.54, 1.807) is 19.1 Å². The lowest BCUT2D eigenvalue weighted by Crippen LogP contribution is -2.54. The van der Waals surface area contributed by atoms with E-state index in [2.05, 4.69) is 10.2 Å². The monoisotopic (exact) mass is 493 g/mol. The Morgan fingerprint density at radius 2 is 1.69 bits per heavy atom. The standard InChI is InChI=1S/C23H26F3N5O4/c1-16(29-11-13-30(14-12-29)17-7-9-18(10-8-17)31(34)35)22(33)28(2)15-21(32)27-20-6-4-3-5-19(20)23(24,25)26/h3-10,16H,11-15H2,1-2H3,(H,27,32)/t16-/m1/s1. The summed E-state index contributed by atoms with van der Waals surface area (Å²) in [6, 6.07) is 10.4. The first kappa shape index (κ1) is 25.9. The summed E-state index contributed by atoms with van der Waals surface area (Å²) in [6.45, 7) is 3.66. The molecule has 0 bridgehead atoms. The number of amides is 2. The number of alkyl halides is 3. The number of halogens is 3. The molecule has 0 aliphatic carbocycles. The van der Waals surface area contributed by atoms with Crippen LogP contribution < -0.4 is 10.2 Å². The van der Waals surface area contributed by atoms with Gasteiger partial charge in [-0.2, -0.15) is 13.2 Å². The first-order valence-corrected chi connectivity index (χ1v) is 10.9. The zero-order valence-electron chi connectivity index (χ0n) is 19.3. The van der Waals surface area contributed by atoms with Gasteiger partial charge in [0.2, 0.25) is 11.8 Å². The fourth-order valence-corrected chi connectivity index (χ4v) is 3.95. The molecule has 12 heteroatoms. The quantitative estimate of drug-likeness (QED) is 0.470. The summed E-state index contributed by atoms with van der Waals surface area (Å²) < 4.78 is 39.4. The minimum atomic E-state index is -4.61. The molecule has 0 spiro atoms. The third kappa shape index (κ3) is 6.47. The predicted molar refractivity (Wildman–Crippen MR) is 124 cm³/mol. The average molecular weight is 493 g/mol. The van der Waals surface area contributed by atoms with Gasteiger partial charge in [0.25, 0.3) is 5.69 Å². The van der Waals surface area contributed by atoms with Gasteiger partial charge >= 0.3 is 6.18 Å². The van der Waals surface area contributed by atoms with Crippen LogP contribution in [0.5, 0.6) is 0 Å². The molecular formula is C23H26F3N5O4. The molecule has 1 atom stereocenters. The van der Waals surface area contributed by atoms with Crippen molar-refractivity contribution in [3.8, 4) is 0 Å². The first-order valence-electron chi connectivity index (χ1n) is 10.9. The second kappa shape index (κ2) is 10.7. The molecule has 2 aromatic carbocycles. The molecule has 1 N–H and O–H groups in total. The minimum Gasteiger partial charge on any atom is -0.369 e. The predicted octanol–water partition coefficient (Wildman–Crippen LogP) is 3.22. The number of para-hydroxylation sites is 1. The van der Waals surface area contributed by atoms with E-state index < -0.39 is 35.2 Å². The molecule has 0 radical (unpaired) electrons. The smallest absolute Gasteiger partial charge is 0.369 e. The summed E-state index contributed by atoms with van der Waals surface area (Å²) in [7, 11) is 1.43. The van der Waals surface area contributed by atoms with Gasteiger partial charge in [-0.15, -0.1) is 0 Å². The zero-order valence-corrected chi connectivity index (χ0v) is 19.3. The molecule has 1 aliphatic rings. The van der Waals surface area contributed by atoms with E-state index in [1.807, 2.05) is 4.90 Å². The van der Waals surface area contributed by atoms with Gasteiger partial charge in [-0.3, -0.25) is 24.6 Å². The lowest BCUT2D eigenvalue weighted by molar-refractivity contribution is -0.384. The number of anilines is 2. The number of piperazine rings is 1. The van der Waals surface area contributed by atoms with Gasteiger partial charge in [0.1, 0.15) is 0 Å². The van der Waals surface area contributed by atoms with E-state index in [0.29, 0.717) is 26.2 Å². The Morgan fingerprint density at radius 1 is 1.09 bits per heavy atom. The third-order valence-corrected chi connectivity index (χ3v) is 5.91. The van der Waals surface area contributed by atoms with Crippen molar-refractivity contribution in [1.82, 2.24) is 9.80 Å². The van der Waals surface area contributed by atoms with E-state index in [1.165, 1.54) is 36.2 Å². The van der Waals surface area contributed by atoms with E-state index in [0.717, 1.165) is 17.8 Å². The van der Waals surface area contributed by atoms with Gasteiger partial charge in [0.05, 0.1) is 28.8 Å². The normalized spacial score (nSPS) is 15.4. The molecular weight excluding hydrogens is 467 g/mol. The maximum Gasteiger partial charge on any atom is 0.418 e. The Bertz CT molecular complexity index is 1070. The highest BCUT2D eigenvalue weighted by Gasteiger charge is 2.34. The number of nitrogens with one attached hydrogen (secondary N) is 1. The fraction of sp³-hybridized carbons (Fsp3) is 0.391. The van der Waals surface area contributed by atoms with Crippen molar-refractivity contribution < 1.29 is 27.7 Å². The molecule has 1 aliphatic heterocycles. The number of nitro benzene ring substituents is 1. The number of rotatable bonds is 7. The highest BCUT2D eigenvalue weighted by atomic mass is 19.4. The molecule has 1 fully saturated rings. The van der Waals surface area contributed by atoms with Crippen LogP contribution in [0.3, 0.4) is 0 Å². The molecule has 2 amide bonds. The Labute approximate surface area is 200 Å². The molecule has 188 valence electrons. The number of carbonyl (C=O) groups excluding carboxylic acids is 2. The average Bonchev–Trinajstić information content (AvgIpc) is 2.82. The Hall–Kier alpha value is -3.67. The number of benzene rings is 2. The Morgan fingerprint density at radius 3 is 2.26 bits per heavy atom. The maximum atomic E-state index is 13.1. The Kier molecular flexibility index (Phi) is 7.95. The summed E-state index contributed by atoms with van der Waals surface area (Å²) in [5.41, 5.74) is -0.453. The maximum absolute atomic E-state index is 13.1. The SMILES string of the molecule is C[C@H](C(=O)N(C)CC(=O)Nc1ccccc1C(F)(F)F)N1CCN(c2ccc([N+](=O)[O-])cc2)CC1. The van der Waals surface area contributed by atoms with Gasteiger partial charge in [-0.25, -0.2) is 0 Å². The largest absolute Gasteiger partial charge is 0.418 e. The second-order valence-corrected chi connectivity index (χ2v) is 8.26. The van der Waals surface area contributed by atoms with Crippen molar-refractivity contribution in [3.63, 3.8) is 0 Å². The molecule has 0 saturated carbocycles. The molecule has 0 unspecified atom stereocenters. The number of nitro groups is 1. The summed E-state index contributed by atoms with van der Waals surface area (Å²) in [6.07, 6.45) is -4.61. The third-order valence-electron chi connectivity index (χ3n) is 5.91. The molecule has 0 aromatic heterocycles. The number of nitrogens with zero attached hydrogens (tertiary/aromatic N) is 4. The molecule has 3 rings (SSSR count). The molecule has 1 heterocycles. The number of non-ortho nitro benzene ring substituents is 1. The van der Waals surface area contributed by atoms with Gasteiger partial charge in [0.15, 0.2) is 0 Å². The molecule has 2 aromatic rings. The van der Waals surface area contributed by atoms with Crippen LogP contribution in [0.4, 0.5) is 30.2 Å². The van der Waals surface area contributed by atoms with Crippen LogP contribution in [0.1, 0.15) is 12.5 Å². The molecule has 1 saturated heterocycles. The van der Waals surface area contributed by atoms with Gasteiger partial charge in [-0.05, 0) is 31.2 Å².